The van der Waals surface area contributed by atoms with Crippen LogP contribution in [0.3, 0.4) is 0 Å². The maximum atomic E-state index is 12.5. The zero-order chi connectivity index (χ0) is 16.4. The van der Waals surface area contributed by atoms with E-state index in [-0.39, 0.29) is 12.0 Å². The molecule has 2 aliphatic heterocycles. The van der Waals surface area contributed by atoms with Gasteiger partial charge in [-0.15, -0.1) is 0 Å². The summed E-state index contributed by atoms with van der Waals surface area (Å²) >= 11 is 5.23. The van der Waals surface area contributed by atoms with Crippen LogP contribution in [0.1, 0.15) is 31.9 Å². The van der Waals surface area contributed by atoms with E-state index in [1.54, 1.807) is 11.8 Å². The summed E-state index contributed by atoms with van der Waals surface area (Å²) in [5.74, 6) is 0.806. The van der Waals surface area contributed by atoms with Gasteiger partial charge >= 0.3 is 5.97 Å². The molecule has 0 N–H and O–H groups in total. The van der Waals surface area contributed by atoms with E-state index in [2.05, 4.69) is 38.0 Å². The number of esters is 1. The van der Waals surface area contributed by atoms with Crippen molar-refractivity contribution in [3.05, 3.63) is 45.6 Å². The maximum absolute atomic E-state index is 12.5. The first-order valence-electron chi connectivity index (χ1n) is 7.73. The maximum Gasteiger partial charge on any atom is 0.338 e. The Morgan fingerprint density at radius 3 is 2.87 bits per heavy atom. The van der Waals surface area contributed by atoms with Gasteiger partial charge < -0.3 is 9.64 Å². The van der Waals surface area contributed by atoms with Gasteiger partial charge in [0.2, 0.25) is 0 Å². The van der Waals surface area contributed by atoms with Crippen molar-refractivity contribution < 1.29 is 9.53 Å². The minimum absolute atomic E-state index is 0.123. The van der Waals surface area contributed by atoms with Crippen molar-refractivity contribution >= 4 is 38.8 Å². The largest absolute Gasteiger partial charge is 0.463 e. The van der Waals surface area contributed by atoms with E-state index < -0.39 is 0 Å². The fourth-order valence-corrected chi connectivity index (χ4v) is 4.21. The Morgan fingerprint density at radius 2 is 2.17 bits per heavy atom. The van der Waals surface area contributed by atoms with Crippen molar-refractivity contribution in [1.82, 2.24) is 4.90 Å². The summed E-state index contributed by atoms with van der Waals surface area (Å²) in [6, 6.07) is 8.02. The van der Waals surface area contributed by atoms with Crippen LogP contribution >= 0.6 is 27.7 Å². The topological polar surface area (TPSA) is 41.9 Å². The van der Waals surface area contributed by atoms with E-state index in [1.807, 2.05) is 26.0 Å². The third-order valence-corrected chi connectivity index (χ3v) is 5.55. The van der Waals surface area contributed by atoms with Gasteiger partial charge in [0.05, 0.1) is 23.9 Å². The molecule has 0 radical (unpaired) electrons. The summed E-state index contributed by atoms with van der Waals surface area (Å²) in [6.45, 7) is 5.01. The van der Waals surface area contributed by atoms with Gasteiger partial charge in [-0.2, -0.15) is 0 Å². The lowest BCUT2D eigenvalue weighted by molar-refractivity contribution is -0.139. The molecule has 1 aromatic carbocycles. The molecular weight excluding hydrogens is 376 g/mol. The number of thioether (sulfide) groups is 1. The van der Waals surface area contributed by atoms with Crippen molar-refractivity contribution in [1.29, 1.82) is 0 Å². The molecule has 0 saturated carbocycles. The van der Waals surface area contributed by atoms with Gasteiger partial charge in [0.1, 0.15) is 0 Å². The van der Waals surface area contributed by atoms with E-state index in [0.29, 0.717) is 12.2 Å². The lowest BCUT2D eigenvalue weighted by Crippen LogP contribution is -2.42. The van der Waals surface area contributed by atoms with Crippen LogP contribution < -0.4 is 0 Å². The van der Waals surface area contributed by atoms with Crippen molar-refractivity contribution in [2.75, 3.05) is 18.9 Å². The highest BCUT2D eigenvalue weighted by Gasteiger charge is 2.37. The van der Waals surface area contributed by atoms with Crippen molar-refractivity contribution in [2.24, 2.45) is 4.99 Å². The molecule has 1 atom stereocenters. The number of benzene rings is 1. The second-order valence-corrected chi connectivity index (χ2v) is 7.44. The Balaban J connectivity index is 2.08. The number of aliphatic imine (C=N–C) groups is 1. The van der Waals surface area contributed by atoms with Gasteiger partial charge in [-0.1, -0.05) is 39.8 Å². The van der Waals surface area contributed by atoms with E-state index in [0.717, 1.165) is 39.6 Å². The van der Waals surface area contributed by atoms with E-state index in [9.17, 15) is 4.79 Å². The Morgan fingerprint density at radius 1 is 1.43 bits per heavy atom. The number of carbonyl (C=O) groups is 1. The third kappa shape index (κ3) is 3.33. The second kappa shape index (κ2) is 7.09. The zero-order valence-electron chi connectivity index (χ0n) is 13.2. The van der Waals surface area contributed by atoms with Crippen LogP contribution in [0.2, 0.25) is 0 Å². The lowest BCUT2D eigenvalue weighted by atomic mass is 9.94. The molecule has 0 unspecified atom stereocenters. The standard InChI is InChI=1S/C17H19BrN2O2S/c1-3-22-16(21)14-11(2)19-17-20(9-4-10-23-17)15(14)12-5-7-13(18)8-6-12/h5-8,15H,3-4,9-10H2,1-2H3/t15-/m0/s1. The van der Waals surface area contributed by atoms with Crippen LogP contribution in [-0.4, -0.2) is 34.9 Å². The zero-order valence-corrected chi connectivity index (χ0v) is 15.6. The Bertz CT molecular complexity index is 670. The van der Waals surface area contributed by atoms with Gasteiger partial charge in [-0.3, -0.25) is 0 Å². The molecule has 3 rings (SSSR count). The summed E-state index contributed by atoms with van der Waals surface area (Å²) in [5.41, 5.74) is 2.50. The molecule has 23 heavy (non-hydrogen) atoms. The van der Waals surface area contributed by atoms with Crippen LogP contribution in [0.5, 0.6) is 0 Å². The number of ether oxygens (including phenoxy) is 1. The number of nitrogens with zero attached hydrogens (tertiary/aromatic N) is 2. The van der Waals surface area contributed by atoms with Gasteiger partial charge in [-0.05, 0) is 38.0 Å². The van der Waals surface area contributed by atoms with Gasteiger partial charge in [0.25, 0.3) is 0 Å². The van der Waals surface area contributed by atoms with Crippen LogP contribution in [0.15, 0.2) is 45.0 Å². The van der Waals surface area contributed by atoms with Crippen molar-refractivity contribution in [3.63, 3.8) is 0 Å². The summed E-state index contributed by atoms with van der Waals surface area (Å²) in [7, 11) is 0. The predicted octanol–water partition coefficient (Wildman–Crippen LogP) is 4.14. The summed E-state index contributed by atoms with van der Waals surface area (Å²) in [4.78, 5) is 19.4. The molecule has 0 bridgehead atoms. The van der Waals surface area contributed by atoms with Crippen LogP contribution in [0.25, 0.3) is 0 Å². The fourth-order valence-electron chi connectivity index (χ4n) is 2.93. The first-order valence-corrected chi connectivity index (χ1v) is 9.51. The van der Waals surface area contributed by atoms with E-state index in [4.69, 9.17) is 4.74 Å². The average molecular weight is 395 g/mol. The Kier molecular flexibility index (Phi) is 5.11. The quantitative estimate of drug-likeness (QED) is 0.722. The molecule has 4 nitrogen and oxygen atoms in total. The smallest absolute Gasteiger partial charge is 0.338 e. The van der Waals surface area contributed by atoms with Crippen molar-refractivity contribution in [2.45, 2.75) is 26.3 Å². The molecule has 2 aliphatic rings. The molecule has 1 saturated heterocycles. The summed E-state index contributed by atoms with van der Waals surface area (Å²) < 4.78 is 6.32. The van der Waals surface area contributed by atoms with Gasteiger partial charge in [-0.25, -0.2) is 9.79 Å². The molecule has 1 aromatic rings. The minimum atomic E-state index is -0.267. The molecule has 2 heterocycles. The molecule has 0 spiro atoms. The van der Waals surface area contributed by atoms with Crippen LogP contribution in [0.4, 0.5) is 0 Å². The fraction of sp³-hybridized carbons (Fsp3) is 0.412. The molecule has 0 amide bonds. The average Bonchev–Trinajstić information content (AvgIpc) is 2.54. The number of hydrogen-bond acceptors (Lipinski definition) is 5. The van der Waals surface area contributed by atoms with Crippen LogP contribution in [0, 0.1) is 0 Å². The summed E-state index contributed by atoms with van der Waals surface area (Å²) in [6.07, 6.45) is 1.09. The van der Waals surface area contributed by atoms with Gasteiger partial charge in [0, 0.05) is 16.8 Å². The normalized spacial score (nSPS) is 20.9. The Labute approximate surface area is 149 Å². The number of hydrogen-bond donors (Lipinski definition) is 0. The number of fused-ring (bicyclic) bond motifs is 1. The van der Waals surface area contributed by atoms with E-state index in [1.165, 1.54) is 0 Å². The molecular formula is C17H19BrN2O2S. The number of carbonyl (C=O) groups excluding carboxylic acids is 1. The highest BCUT2D eigenvalue weighted by Crippen LogP contribution is 2.40. The number of halogens is 1. The summed E-state index contributed by atoms with van der Waals surface area (Å²) in [5, 5.41) is 1.01. The van der Waals surface area contributed by atoms with Crippen LogP contribution in [-0.2, 0) is 9.53 Å². The molecule has 122 valence electrons. The van der Waals surface area contributed by atoms with Gasteiger partial charge in [0.15, 0.2) is 5.17 Å². The molecule has 0 aromatic heterocycles. The molecule has 1 fully saturated rings. The highest BCUT2D eigenvalue weighted by molar-refractivity contribution is 9.10. The molecule has 0 aliphatic carbocycles. The SMILES string of the molecule is CCOC(=O)C1=C(C)N=C2SCCCN2[C@H]1c1ccc(Br)cc1. The minimum Gasteiger partial charge on any atom is -0.463 e. The third-order valence-electron chi connectivity index (χ3n) is 3.94. The van der Waals surface area contributed by atoms with E-state index >= 15 is 0 Å². The first-order chi connectivity index (χ1) is 11.1. The lowest BCUT2D eigenvalue weighted by Gasteiger charge is -2.40. The molecule has 6 heteroatoms. The Hall–Kier alpha value is -1.27. The van der Waals surface area contributed by atoms with Crippen molar-refractivity contribution in [3.8, 4) is 0 Å². The first kappa shape index (κ1) is 16.6. The predicted molar refractivity (Wildman–Crippen MR) is 97.4 cm³/mol. The number of amidine groups is 1. The number of rotatable bonds is 3. The highest BCUT2D eigenvalue weighted by atomic mass is 79.9. The monoisotopic (exact) mass is 394 g/mol. The second-order valence-electron chi connectivity index (χ2n) is 5.46. The number of allylic oxidation sites excluding steroid dienone is 1.